The van der Waals surface area contributed by atoms with E-state index in [-0.39, 0.29) is 17.9 Å². The number of carboxylic acids is 1. The van der Waals surface area contributed by atoms with Crippen molar-refractivity contribution >= 4 is 11.9 Å². The van der Waals surface area contributed by atoms with E-state index in [0.29, 0.717) is 25.2 Å². The molecule has 0 aromatic heterocycles. The minimum Gasteiger partial charge on any atom is -0.481 e. The summed E-state index contributed by atoms with van der Waals surface area (Å²) in [5.74, 6) is -0.157. The first-order valence-electron chi connectivity index (χ1n) is 6.90. The molecule has 0 bridgehead atoms. The van der Waals surface area contributed by atoms with Crippen LogP contribution in [0.25, 0.3) is 0 Å². The van der Waals surface area contributed by atoms with E-state index >= 15 is 0 Å². The lowest BCUT2D eigenvalue weighted by molar-refractivity contribution is -0.143. The van der Waals surface area contributed by atoms with Gasteiger partial charge in [0.15, 0.2) is 0 Å². The molecule has 0 unspecified atom stereocenters. The Morgan fingerprint density at radius 3 is 2.22 bits per heavy atom. The zero-order chi connectivity index (χ0) is 13.7. The van der Waals surface area contributed by atoms with Crippen LogP contribution in [0.3, 0.4) is 0 Å². The van der Waals surface area contributed by atoms with Crippen molar-refractivity contribution in [3.63, 3.8) is 0 Å². The summed E-state index contributed by atoms with van der Waals surface area (Å²) in [6.07, 6.45) is 4.56. The third kappa shape index (κ3) is 4.31. The van der Waals surface area contributed by atoms with Crippen LogP contribution >= 0.6 is 0 Å². The molecule has 1 N–H and O–H groups in total. The minimum absolute atomic E-state index is 0.197. The summed E-state index contributed by atoms with van der Waals surface area (Å²) in [6, 6.07) is 0.236. The molecule has 1 rings (SSSR count). The molecule has 1 aliphatic carbocycles. The van der Waals surface area contributed by atoms with Crippen LogP contribution in [0, 0.1) is 11.8 Å². The highest BCUT2D eigenvalue weighted by Crippen LogP contribution is 2.27. The molecule has 18 heavy (non-hydrogen) atoms. The van der Waals surface area contributed by atoms with Crippen LogP contribution in [0.15, 0.2) is 0 Å². The Labute approximate surface area is 109 Å². The van der Waals surface area contributed by atoms with Crippen molar-refractivity contribution in [2.75, 3.05) is 7.05 Å². The van der Waals surface area contributed by atoms with Crippen molar-refractivity contribution in [2.45, 2.75) is 58.4 Å². The number of hydrogen-bond donors (Lipinski definition) is 1. The Balaban J connectivity index is 2.37. The van der Waals surface area contributed by atoms with Gasteiger partial charge in [0.25, 0.3) is 0 Å². The van der Waals surface area contributed by atoms with E-state index in [2.05, 4.69) is 13.8 Å². The number of rotatable bonds is 5. The fourth-order valence-electron chi connectivity index (χ4n) is 2.50. The largest absolute Gasteiger partial charge is 0.481 e. The van der Waals surface area contributed by atoms with E-state index < -0.39 is 5.97 Å². The molecular formula is C14H25NO3. The highest BCUT2D eigenvalue weighted by molar-refractivity contribution is 5.76. The van der Waals surface area contributed by atoms with Gasteiger partial charge in [0.2, 0.25) is 5.91 Å². The molecule has 1 aliphatic rings. The quantitative estimate of drug-likeness (QED) is 0.821. The molecule has 1 saturated carbocycles. The summed E-state index contributed by atoms with van der Waals surface area (Å²) in [6.45, 7) is 4.23. The van der Waals surface area contributed by atoms with E-state index in [1.165, 1.54) is 0 Å². The van der Waals surface area contributed by atoms with Gasteiger partial charge >= 0.3 is 5.97 Å². The first-order valence-corrected chi connectivity index (χ1v) is 6.90. The Morgan fingerprint density at radius 2 is 1.78 bits per heavy atom. The Bertz CT molecular complexity index is 293. The summed E-state index contributed by atoms with van der Waals surface area (Å²) in [4.78, 5) is 24.7. The van der Waals surface area contributed by atoms with Gasteiger partial charge in [0.1, 0.15) is 0 Å². The van der Waals surface area contributed by atoms with Crippen LogP contribution < -0.4 is 0 Å². The van der Waals surface area contributed by atoms with Crippen LogP contribution in [0.4, 0.5) is 0 Å². The Morgan fingerprint density at radius 1 is 1.22 bits per heavy atom. The summed E-state index contributed by atoms with van der Waals surface area (Å²) >= 11 is 0. The van der Waals surface area contributed by atoms with Crippen molar-refractivity contribution < 1.29 is 14.7 Å². The predicted molar refractivity (Wildman–Crippen MR) is 70.2 cm³/mol. The summed E-state index contributed by atoms with van der Waals surface area (Å²) < 4.78 is 0. The Kier molecular flexibility index (Phi) is 5.63. The molecule has 0 atom stereocenters. The van der Waals surface area contributed by atoms with E-state index in [1.807, 2.05) is 11.9 Å². The fraction of sp³-hybridized carbons (Fsp3) is 0.857. The predicted octanol–water partition coefficient (Wildman–Crippen LogP) is 2.52. The van der Waals surface area contributed by atoms with Crippen molar-refractivity contribution in [2.24, 2.45) is 11.8 Å². The smallest absolute Gasteiger partial charge is 0.306 e. The number of aliphatic carboxylic acids is 1. The number of nitrogens with zero attached hydrogens (tertiary/aromatic N) is 1. The molecule has 1 fully saturated rings. The van der Waals surface area contributed by atoms with Crippen LogP contribution in [0.1, 0.15) is 52.4 Å². The maximum Gasteiger partial charge on any atom is 0.306 e. The lowest BCUT2D eigenvalue weighted by atomic mass is 9.85. The lowest BCUT2D eigenvalue weighted by Crippen LogP contribution is -2.40. The zero-order valence-electron chi connectivity index (χ0n) is 11.7. The average Bonchev–Trinajstić information content (AvgIpc) is 2.35. The number of carbonyl (C=O) groups is 2. The molecule has 104 valence electrons. The molecule has 0 aromatic rings. The Hall–Kier alpha value is -1.06. The van der Waals surface area contributed by atoms with E-state index in [1.54, 1.807) is 0 Å². The van der Waals surface area contributed by atoms with Gasteiger partial charge in [0, 0.05) is 19.5 Å². The molecule has 4 nitrogen and oxygen atoms in total. The second-order valence-corrected chi connectivity index (χ2v) is 5.78. The summed E-state index contributed by atoms with van der Waals surface area (Å²) in [7, 11) is 1.86. The number of amides is 1. The second-order valence-electron chi connectivity index (χ2n) is 5.78. The van der Waals surface area contributed by atoms with Crippen molar-refractivity contribution in [3.8, 4) is 0 Å². The summed E-state index contributed by atoms with van der Waals surface area (Å²) in [5, 5.41) is 8.94. The molecule has 4 heteroatoms. The van der Waals surface area contributed by atoms with Gasteiger partial charge in [-0.1, -0.05) is 13.8 Å². The number of carboxylic acid groups (broad SMARTS) is 1. The normalized spacial score (nSPS) is 24.0. The molecule has 0 aromatic carbocycles. The highest BCUT2D eigenvalue weighted by atomic mass is 16.4. The van der Waals surface area contributed by atoms with E-state index in [0.717, 1.165) is 19.3 Å². The van der Waals surface area contributed by atoms with Gasteiger partial charge < -0.3 is 10.0 Å². The van der Waals surface area contributed by atoms with E-state index in [4.69, 9.17) is 5.11 Å². The molecular weight excluding hydrogens is 230 g/mol. The van der Waals surface area contributed by atoms with Crippen LogP contribution in [-0.4, -0.2) is 35.0 Å². The molecule has 0 radical (unpaired) electrons. The van der Waals surface area contributed by atoms with E-state index in [9.17, 15) is 9.59 Å². The topological polar surface area (TPSA) is 57.6 Å². The monoisotopic (exact) mass is 255 g/mol. The number of carbonyl (C=O) groups excluding carboxylic acids is 1. The van der Waals surface area contributed by atoms with Crippen LogP contribution in [-0.2, 0) is 9.59 Å². The minimum atomic E-state index is -0.692. The van der Waals surface area contributed by atoms with Gasteiger partial charge in [0.05, 0.1) is 5.92 Å². The standard InChI is InChI=1S/C14H25NO3/c1-10(2)4-9-13(16)15(3)12-7-5-11(6-8-12)14(17)18/h10-12H,4-9H2,1-3H3,(H,17,18). The van der Waals surface area contributed by atoms with Crippen molar-refractivity contribution in [1.82, 2.24) is 4.90 Å². The summed E-state index contributed by atoms with van der Waals surface area (Å²) in [5.41, 5.74) is 0. The maximum absolute atomic E-state index is 12.0. The molecule has 0 spiro atoms. The first kappa shape index (κ1) is 15.0. The van der Waals surface area contributed by atoms with Gasteiger partial charge in [-0.2, -0.15) is 0 Å². The average molecular weight is 255 g/mol. The zero-order valence-corrected chi connectivity index (χ0v) is 11.7. The van der Waals surface area contributed by atoms with Gasteiger partial charge in [-0.3, -0.25) is 9.59 Å². The fourth-order valence-corrected chi connectivity index (χ4v) is 2.50. The molecule has 0 aliphatic heterocycles. The van der Waals surface area contributed by atoms with Crippen molar-refractivity contribution in [1.29, 1.82) is 0 Å². The molecule has 1 amide bonds. The van der Waals surface area contributed by atoms with Crippen molar-refractivity contribution in [3.05, 3.63) is 0 Å². The highest BCUT2D eigenvalue weighted by Gasteiger charge is 2.29. The molecule has 0 saturated heterocycles. The number of hydrogen-bond acceptors (Lipinski definition) is 2. The SMILES string of the molecule is CC(C)CCC(=O)N(C)C1CCC(C(=O)O)CC1. The second kappa shape index (κ2) is 6.76. The molecule has 0 heterocycles. The van der Waals surface area contributed by atoms with Crippen LogP contribution in [0.2, 0.25) is 0 Å². The maximum atomic E-state index is 12.0. The van der Waals surface area contributed by atoms with Gasteiger partial charge in [-0.25, -0.2) is 0 Å². The first-order chi connectivity index (χ1) is 8.41. The lowest BCUT2D eigenvalue weighted by Gasteiger charge is -2.33. The third-order valence-corrected chi connectivity index (χ3v) is 3.92. The third-order valence-electron chi connectivity index (χ3n) is 3.92. The van der Waals surface area contributed by atoms with Gasteiger partial charge in [-0.15, -0.1) is 0 Å². The van der Waals surface area contributed by atoms with Gasteiger partial charge in [-0.05, 0) is 38.0 Å². The van der Waals surface area contributed by atoms with Crippen LogP contribution in [0.5, 0.6) is 0 Å².